The van der Waals surface area contributed by atoms with Gasteiger partial charge >= 0.3 is 36.3 Å². The van der Waals surface area contributed by atoms with Gasteiger partial charge in [-0.15, -0.1) is 0 Å². The smallest absolute Gasteiger partial charge is 0.263 e. The fourth-order valence-corrected chi connectivity index (χ4v) is 1.05. The molecule has 0 aliphatic carbocycles. The zero-order valence-corrected chi connectivity index (χ0v) is 11.4. The first-order chi connectivity index (χ1) is 8.41. The molecule has 15 heteroatoms. The molecule has 1 heterocycles. The van der Waals surface area contributed by atoms with Crippen LogP contribution in [0, 0.1) is 0 Å². The van der Waals surface area contributed by atoms with Crippen molar-refractivity contribution in [3.05, 3.63) is 0 Å². The minimum absolute atomic E-state index is 0. The number of alkyl halides is 12. The van der Waals surface area contributed by atoms with Gasteiger partial charge in [-0.05, 0) is 0 Å². The van der Waals surface area contributed by atoms with Gasteiger partial charge in [0.25, 0.3) is 0 Å². The summed E-state index contributed by atoms with van der Waals surface area (Å²) in [6.07, 6.45) is -27.3. The Morgan fingerprint density at radius 2 is 0.714 bits per heavy atom. The van der Waals surface area contributed by atoms with Crippen molar-refractivity contribution in [1.82, 2.24) is 0 Å². The van der Waals surface area contributed by atoms with E-state index < -0.39 is 36.3 Å². The van der Waals surface area contributed by atoms with E-state index in [1.165, 1.54) is 0 Å². The molecule has 0 aromatic rings. The molecule has 0 spiro atoms. The molecule has 1 saturated heterocycles. The third-order valence-corrected chi connectivity index (χ3v) is 2.02. The Bertz CT molecular complexity index is 366. The predicted molar refractivity (Wildman–Crippen MR) is 37.6 cm³/mol. The average molecular weight is 355 g/mol. The zero-order chi connectivity index (χ0) is 16.4. The number of ether oxygens (including phenoxy) is 2. The molecule has 0 aromatic heterocycles. The van der Waals surface area contributed by atoms with Crippen LogP contribution in [0.25, 0.3) is 0 Å². The Balaban J connectivity index is 0.00000400. The third-order valence-electron chi connectivity index (χ3n) is 2.02. The summed E-state index contributed by atoms with van der Waals surface area (Å²) in [5.74, 6) is -13.4. The molecule has 1 fully saturated rings. The third kappa shape index (κ3) is 2.84. The maximum atomic E-state index is 12.8. The second kappa shape index (κ2) is 5.04. The van der Waals surface area contributed by atoms with Gasteiger partial charge in [0.1, 0.15) is 0 Å². The molecular formula is C6F12NaO2. The van der Waals surface area contributed by atoms with Gasteiger partial charge in [-0.25, -0.2) is 0 Å². The summed E-state index contributed by atoms with van der Waals surface area (Å²) in [7, 11) is 0. The van der Waals surface area contributed by atoms with Gasteiger partial charge in [-0.1, -0.05) is 0 Å². The molecule has 0 saturated carbocycles. The first kappa shape index (κ1) is 21.1. The summed E-state index contributed by atoms with van der Waals surface area (Å²) in [5.41, 5.74) is 0. The standard InChI is InChI=1S/C6F12O2.Na/c7-1(3(9,10)11)5(15,16)20-2(8,4(12,13)14)6(17,18)19-1;. The molecule has 1 radical (unpaired) electrons. The molecule has 2 nitrogen and oxygen atoms in total. The van der Waals surface area contributed by atoms with E-state index in [-0.39, 0.29) is 29.6 Å². The predicted octanol–water partition coefficient (Wildman–Crippen LogP) is 3.29. The van der Waals surface area contributed by atoms with Crippen LogP contribution in [0.5, 0.6) is 0 Å². The van der Waals surface area contributed by atoms with Crippen LogP contribution in [-0.4, -0.2) is 65.8 Å². The number of rotatable bonds is 0. The Kier molecular flexibility index (Phi) is 5.06. The van der Waals surface area contributed by atoms with Crippen molar-refractivity contribution < 1.29 is 62.2 Å². The van der Waals surface area contributed by atoms with Gasteiger partial charge in [0, 0.05) is 29.6 Å². The Labute approximate surface area is 128 Å². The molecule has 0 amide bonds. The number of hydrogen-bond acceptors (Lipinski definition) is 2. The topological polar surface area (TPSA) is 18.5 Å². The van der Waals surface area contributed by atoms with Crippen LogP contribution in [0.4, 0.5) is 52.7 Å². The minimum Gasteiger partial charge on any atom is -0.263 e. The summed E-state index contributed by atoms with van der Waals surface area (Å²) in [6.45, 7) is 0. The van der Waals surface area contributed by atoms with Crippen LogP contribution in [0.2, 0.25) is 0 Å². The van der Waals surface area contributed by atoms with Gasteiger partial charge in [0.15, 0.2) is 0 Å². The zero-order valence-electron chi connectivity index (χ0n) is 9.35. The molecule has 2 unspecified atom stereocenters. The van der Waals surface area contributed by atoms with E-state index in [1.54, 1.807) is 9.47 Å². The monoisotopic (exact) mass is 355 g/mol. The van der Waals surface area contributed by atoms with Gasteiger partial charge in [0.05, 0.1) is 0 Å². The van der Waals surface area contributed by atoms with Gasteiger partial charge in [-0.2, -0.15) is 52.7 Å². The summed E-state index contributed by atoms with van der Waals surface area (Å²) in [5, 5.41) is 0. The second-order valence-electron chi connectivity index (χ2n) is 3.42. The SMILES string of the molecule is FC(F)(F)C1(F)OC(F)(F)C(F)(C(F)(F)F)OC1(F)F.[Na]. The Hall–Kier alpha value is 0.0800. The summed E-state index contributed by atoms with van der Waals surface area (Å²) >= 11 is 0. The first-order valence-corrected chi connectivity index (χ1v) is 4.08. The van der Waals surface area contributed by atoms with Gasteiger partial charge in [-0.3, -0.25) is 9.47 Å². The summed E-state index contributed by atoms with van der Waals surface area (Å²) in [4.78, 5) is 0. The van der Waals surface area contributed by atoms with E-state index in [2.05, 4.69) is 0 Å². The molecule has 21 heavy (non-hydrogen) atoms. The molecular weight excluding hydrogens is 355 g/mol. The fraction of sp³-hybridized carbons (Fsp3) is 1.00. The van der Waals surface area contributed by atoms with Crippen LogP contribution in [0.1, 0.15) is 0 Å². The fourth-order valence-electron chi connectivity index (χ4n) is 1.05. The Morgan fingerprint density at radius 1 is 0.524 bits per heavy atom. The van der Waals surface area contributed by atoms with Crippen molar-refractivity contribution in [2.24, 2.45) is 0 Å². The molecule has 1 aliphatic rings. The largest absolute Gasteiger partial charge is 0.458 e. The van der Waals surface area contributed by atoms with Gasteiger partial charge in [0.2, 0.25) is 0 Å². The van der Waals surface area contributed by atoms with Crippen molar-refractivity contribution >= 4 is 29.6 Å². The maximum Gasteiger partial charge on any atom is 0.458 e. The molecule has 1 aliphatic heterocycles. The van der Waals surface area contributed by atoms with E-state index in [0.29, 0.717) is 0 Å². The van der Waals surface area contributed by atoms with Crippen molar-refractivity contribution in [3.8, 4) is 0 Å². The molecule has 0 N–H and O–H groups in total. The number of halogens is 12. The number of hydrogen-bond donors (Lipinski definition) is 0. The average Bonchev–Trinajstić information content (AvgIpc) is 2.09. The van der Waals surface area contributed by atoms with Crippen LogP contribution < -0.4 is 0 Å². The van der Waals surface area contributed by atoms with Crippen molar-refractivity contribution in [2.75, 3.05) is 0 Å². The van der Waals surface area contributed by atoms with Crippen LogP contribution in [0.15, 0.2) is 0 Å². The van der Waals surface area contributed by atoms with Crippen LogP contribution >= 0.6 is 0 Å². The molecule has 0 aromatic carbocycles. The maximum absolute atomic E-state index is 12.8. The Morgan fingerprint density at radius 3 is 0.857 bits per heavy atom. The molecule has 1 rings (SSSR count). The molecule has 0 bridgehead atoms. The van der Waals surface area contributed by atoms with E-state index >= 15 is 0 Å². The van der Waals surface area contributed by atoms with Crippen LogP contribution in [-0.2, 0) is 9.47 Å². The minimum atomic E-state index is -6.94. The quantitative estimate of drug-likeness (QED) is 0.491. The summed E-state index contributed by atoms with van der Waals surface area (Å²) < 4.78 is 151. The normalized spacial score (nSPS) is 36.0. The van der Waals surface area contributed by atoms with E-state index in [0.717, 1.165) is 0 Å². The van der Waals surface area contributed by atoms with E-state index in [1.807, 2.05) is 0 Å². The summed E-state index contributed by atoms with van der Waals surface area (Å²) in [6, 6.07) is 0. The van der Waals surface area contributed by atoms with Crippen molar-refractivity contribution in [2.45, 2.75) is 36.3 Å². The van der Waals surface area contributed by atoms with Crippen molar-refractivity contribution in [3.63, 3.8) is 0 Å². The second-order valence-corrected chi connectivity index (χ2v) is 3.42. The van der Waals surface area contributed by atoms with Crippen molar-refractivity contribution in [1.29, 1.82) is 0 Å². The van der Waals surface area contributed by atoms with E-state index in [9.17, 15) is 52.7 Å². The molecule has 121 valence electrons. The van der Waals surface area contributed by atoms with Crippen LogP contribution in [0.3, 0.4) is 0 Å². The van der Waals surface area contributed by atoms with E-state index in [4.69, 9.17) is 0 Å². The first-order valence-electron chi connectivity index (χ1n) is 4.08. The van der Waals surface area contributed by atoms with Gasteiger partial charge < -0.3 is 0 Å². The molecule has 2 atom stereocenters.